The van der Waals surface area contributed by atoms with Gasteiger partial charge in [0.05, 0.1) is 26.4 Å². The van der Waals surface area contributed by atoms with Crippen LogP contribution in [0.15, 0.2) is 18.6 Å². The maximum Gasteiger partial charge on any atom is 0.228 e. The van der Waals surface area contributed by atoms with Gasteiger partial charge in [0.2, 0.25) is 5.95 Å². The molecule has 12 nitrogen and oxygen atoms in total. The van der Waals surface area contributed by atoms with Crippen molar-refractivity contribution in [1.82, 2.24) is 39.9 Å². The third-order valence-corrected chi connectivity index (χ3v) is 6.25. The van der Waals surface area contributed by atoms with Gasteiger partial charge in [-0.25, -0.2) is 15.0 Å². The van der Waals surface area contributed by atoms with Gasteiger partial charge in [0.25, 0.3) is 0 Å². The fraction of sp³-hybridized carbons (Fsp3) is 0.609. The third kappa shape index (κ3) is 5.67. The molecule has 2 saturated heterocycles. The Morgan fingerprint density at radius 1 is 1.23 bits per heavy atom. The summed E-state index contributed by atoms with van der Waals surface area (Å²) in [7, 11) is 0. The number of fused-ring (bicyclic) bond motifs is 1. The second-order valence-corrected chi connectivity index (χ2v) is 8.85. The van der Waals surface area contributed by atoms with Crippen molar-refractivity contribution in [2.24, 2.45) is 0 Å². The zero-order valence-corrected chi connectivity index (χ0v) is 20.5. The van der Waals surface area contributed by atoms with Crippen molar-refractivity contribution in [3.8, 4) is 0 Å². The SMILES string of the molecule is CCOCCn1nc(CN2CCOCC2)c2nc(N3CCN[C@H](C)C3)nc(Nc3ccncn3)c21. The van der Waals surface area contributed by atoms with Gasteiger partial charge in [-0.05, 0) is 19.9 Å². The molecular weight excluding hydrogens is 448 g/mol. The molecule has 0 saturated carbocycles. The molecule has 0 amide bonds. The predicted molar refractivity (Wildman–Crippen MR) is 133 cm³/mol. The molecule has 0 bridgehead atoms. The minimum Gasteiger partial charge on any atom is -0.380 e. The molecule has 5 heterocycles. The Hall–Kier alpha value is -2.93. The number of nitrogens with one attached hydrogen (secondary N) is 2. The van der Waals surface area contributed by atoms with Gasteiger partial charge in [-0.1, -0.05) is 0 Å². The van der Waals surface area contributed by atoms with Gasteiger partial charge in [-0.3, -0.25) is 9.58 Å². The number of anilines is 3. The second-order valence-electron chi connectivity index (χ2n) is 8.85. The van der Waals surface area contributed by atoms with Gasteiger partial charge in [-0.15, -0.1) is 0 Å². The molecule has 0 radical (unpaired) electrons. The zero-order valence-electron chi connectivity index (χ0n) is 20.5. The molecule has 0 aromatic carbocycles. The summed E-state index contributed by atoms with van der Waals surface area (Å²) < 4.78 is 13.2. The summed E-state index contributed by atoms with van der Waals surface area (Å²) in [5.74, 6) is 2.06. The lowest BCUT2D eigenvalue weighted by atomic mass is 10.2. The first-order valence-electron chi connectivity index (χ1n) is 12.4. The topological polar surface area (TPSA) is 118 Å². The minimum absolute atomic E-state index is 0.364. The van der Waals surface area contributed by atoms with Gasteiger partial charge < -0.3 is 25.0 Å². The molecule has 5 rings (SSSR count). The largest absolute Gasteiger partial charge is 0.380 e. The summed E-state index contributed by atoms with van der Waals surface area (Å²) in [5.41, 5.74) is 2.66. The number of nitrogens with zero attached hydrogens (tertiary/aromatic N) is 8. The average molecular weight is 483 g/mol. The van der Waals surface area contributed by atoms with E-state index in [1.54, 1.807) is 6.20 Å². The fourth-order valence-electron chi connectivity index (χ4n) is 4.50. The van der Waals surface area contributed by atoms with Gasteiger partial charge >= 0.3 is 0 Å². The quantitative estimate of drug-likeness (QED) is 0.426. The number of hydrogen-bond acceptors (Lipinski definition) is 11. The summed E-state index contributed by atoms with van der Waals surface area (Å²) in [5, 5.41) is 11.9. The van der Waals surface area contributed by atoms with E-state index in [0.29, 0.717) is 49.9 Å². The first kappa shape index (κ1) is 23.8. The van der Waals surface area contributed by atoms with E-state index in [-0.39, 0.29) is 0 Å². The summed E-state index contributed by atoms with van der Waals surface area (Å²) in [6.45, 7) is 12.5. The minimum atomic E-state index is 0.364. The van der Waals surface area contributed by atoms with E-state index in [1.165, 1.54) is 6.33 Å². The molecule has 2 N–H and O–H groups in total. The van der Waals surface area contributed by atoms with E-state index in [2.05, 4.69) is 37.3 Å². The van der Waals surface area contributed by atoms with Gasteiger partial charge in [0.1, 0.15) is 28.9 Å². The Kier molecular flexibility index (Phi) is 7.62. The number of aromatic nitrogens is 6. The van der Waals surface area contributed by atoms with Crippen LogP contribution in [0.25, 0.3) is 11.0 Å². The van der Waals surface area contributed by atoms with Gasteiger partial charge in [0, 0.05) is 58.1 Å². The van der Waals surface area contributed by atoms with Gasteiger partial charge in [0.15, 0.2) is 5.82 Å². The Morgan fingerprint density at radius 2 is 2.11 bits per heavy atom. The van der Waals surface area contributed by atoms with Crippen LogP contribution in [0.5, 0.6) is 0 Å². The van der Waals surface area contributed by atoms with Crippen LogP contribution >= 0.6 is 0 Å². The lowest BCUT2D eigenvalue weighted by molar-refractivity contribution is 0.0337. The normalized spacial score (nSPS) is 19.4. The van der Waals surface area contributed by atoms with Crippen LogP contribution in [0.4, 0.5) is 17.6 Å². The Bertz CT molecular complexity index is 1100. The second kappa shape index (κ2) is 11.2. The van der Waals surface area contributed by atoms with Crippen molar-refractivity contribution in [2.75, 3.05) is 69.4 Å². The molecule has 2 fully saturated rings. The zero-order chi connectivity index (χ0) is 24.0. The summed E-state index contributed by atoms with van der Waals surface area (Å²) in [6, 6.07) is 2.19. The van der Waals surface area contributed by atoms with E-state index in [9.17, 15) is 0 Å². The van der Waals surface area contributed by atoms with Crippen molar-refractivity contribution < 1.29 is 9.47 Å². The number of rotatable bonds is 9. The molecular formula is C23H34N10O2. The highest BCUT2D eigenvalue weighted by Crippen LogP contribution is 2.29. The van der Waals surface area contributed by atoms with Crippen LogP contribution in [0.2, 0.25) is 0 Å². The van der Waals surface area contributed by atoms with Crippen LogP contribution in [0.1, 0.15) is 19.5 Å². The number of hydrogen-bond donors (Lipinski definition) is 2. The van der Waals surface area contributed by atoms with E-state index in [0.717, 1.165) is 62.7 Å². The van der Waals surface area contributed by atoms with Crippen molar-refractivity contribution in [2.45, 2.75) is 33.0 Å². The Balaban J connectivity index is 1.59. The monoisotopic (exact) mass is 482 g/mol. The van der Waals surface area contributed by atoms with Gasteiger partial charge in [-0.2, -0.15) is 10.1 Å². The molecule has 3 aromatic rings. The van der Waals surface area contributed by atoms with E-state index < -0.39 is 0 Å². The molecule has 0 aliphatic carbocycles. The van der Waals surface area contributed by atoms with Crippen molar-refractivity contribution in [3.63, 3.8) is 0 Å². The molecule has 2 aliphatic rings. The highest BCUT2D eigenvalue weighted by Gasteiger charge is 2.25. The number of morpholine rings is 1. The van der Waals surface area contributed by atoms with Crippen LogP contribution in [-0.2, 0) is 22.6 Å². The molecule has 12 heteroatoms. The summed E-state index contributed by atoms with van der Waals surface area (Å²) in [4.78, 5) is 23.1. The standard InChI is InChI=1S/C23H34N10O2/c1-3-34-13-10-33-21-20(18(30-33)15-31-8-11-35-12-9-31)28-23(32-7-6-25-17(2)14-32)29-22(21)27-19-4-5-24-16-26-19/h4-5,16-17,25H,3,6-15H2,1-2H3,(H,24,26,27,28,29)/t17-/m1/s1. The predicted octanol–water partition coefficient (Wildman–Crippen LogP) is 1.03. The number of ether oxygens (including phenoxy) is 2. The van der Waals surface area contributed by atoms with Crippen molar-refractivity contribution in [3.05, 3.63) is 24.3 Å². The maximum absolute atomic E-state index is 5.65. The Morgan fingerprint density at radius 3 is 2.89 bits per heavy atom. The average Bonchev–Trinajstić information content (AvgIpc) is 3.23. The van der Waals surface area contributed by atoms with Crippen LogP contribution < -0.4 is 15.5 Å². The summed E-state index contributed by atoms with van der Waals surface area (Å²) in [6.07, 6.45) is 3.23. The smallest absolute Gasteiger partial charge is 0.228 e. The van der Waals surface area contributed by atoms with Crippen molar-refractivity contribution in [1.29, 1.82) is 0 Å². The molecule has 0 spiro atoms. The maximum atomic E-state index is 5.65. The molecule has 2 aliphatic heterocycles. The van der Waals surface area contributed by atoms with Crippen LogP contribution in [-0.4, -0.2) is 99.8 Å². The Labute approximate surface area is 205 Å². The molecule has 188 valence electrons. The fourth-order valence-corrected chi connectivity index (χ4v) is 4.50. The van der Waals surface area contributed by atoms with Crippen LogP contribution in [0.3, 0.4) is 0 Å². The van der Waals surface area contributed by atoms with E-state index in [1.807, 2.05) is 17.7 Å². The molecule has 0 unspecified atom stereocenters. The highest BCUT2D eigenvalue weighted by atomic mass is 16.5. The van der Waals surface area contributed by atoms with E-state index >= 15 is 0 Å². The molecule has 35 heavy (non-hydrogen) atoms. The summed E-state index contributed by atoms with van der Waals surface area (Å²) >= 11 is 0. The number of piperazine rings is 1. The first-order chi connectivity index (χ1) is 17.2. The van der Waals surface area contributed by atoms with Crippen LogP contribution in [0, 0.1) is 0 Å². The third-order valence-electron chi connectivity index (χ3n) is 6.25. The van der Waals surface area contributed by atoms with E-state index in [4.69, 9.17) is 24.5 Å². The lowest BCUT2D eigenvalue weighted by Crippen LogP contribution is -2.49. The molecule has 3 aromatic heterocycles. The lowest BCUT2D eigenvalue weighted by Gasteiger charge is -2.32. The first-order valence-corrected chi connectivity index (χ1v) is 12.4. The van der Waals surface area contributed by atoms with Crippen molar-refractivity contribution >= 4 is 28.6 Å². The highest BCUT2D eigenvalue weighted by molar-refractivity contribution is 5.90. The molecule has 1 atom stereocenters.